The zero-order valence-corrected chi connectivity index (χ0v) is 7.84. The van der Waals surface area contributed by atoms with E-state index >= 15 is 0 Å². The monoisotopic (exact) mass is 230 g/mol. The molecule has 1 unspecified atom stereocenters. The highest BCUT2D eigenvalue weighted by Crippen LogP contribution is 2.37. The van der Waals surface area contributed by atoms with E-state index in [1.54, 1.807) is 0 Å². The van der Waals surface area contributed by atoms with Crippen LogP contribution in [0.1, 0.15) is 6.92 Å². The van der Waals surface area contributed by atoms with Crippen LogP contribution in [0, 0.1) is 0 Å². The average molecular weight is 230 g/mol. The molecule has 0 heterocycles. The third-order valence-corrected chi connectivity index (χ3v) is 1.53. The predicted octanol–water partition coefficient (Wildman–Crippen LogP) is 1.37. The molecule has 7 heteroatoms. The molecule has 1 atom stereocenters. The van der Waals surface area contributed by atoms with Crippen molar-refractivity contribution in [3.8, 4) is 0 Å². The number of ether oxygens (including phenoxy) is 1. The molecular formula is C8H10F4O3. The van der Waals surface area contributed by atoms with E-state index in [0.29, 0.717) is 6.92 Å². The fourth-order valence-electron chi connectivity index (χ4n) is 0.624. The van der Waals surface area contributed by atoms with Crippen LogP contribution in [0.4, 0.5) is 17.6 Å². The third-order valence-electron chi connectivity index (χ3n) is 1.53. The Labute approximate surface area is 83.3 Å². The first-order valence-electron chi connectivity index (χ1n) is 3.89. The van der Waals surface area contributed by atoms with Crippen LogP contribution in [-0.2, 0) is 9.53 Å². The van der Waals surface area contributed by atoms with Crippen LogP contribution in [0.2, 0.25) is 0 Å². The van der Waals surface area contributed by atoms with Gasteiger partial charge in [-0.3, -0.25) is 0 Å². The summed E-state index contributed by atoms with van der Waals surface area (Å²) < 4.78 is 54.6. The lowest BCUT2D eigenvalue weighted by Gasteiger charge is -2.26. The lowest BCUT2D eigenvalue weighted by molar-refractivity contribution is -0.254. The maximum Gasteiger partial charge on any atom is 0.407 e. The van der Waals surface area contributed by atoms with Gasteiger partial charge in [-0.1, -0.05) is 12.7 Å². The molecule has 0 radical (unpaired) electrons. The van der Waals surface area contributed by atoms with E-state index < -0.39 is 30.5 Å². The molecule has 0 saturated heterocycles. The van der Waals surface area contributed by atoms with Crippen LogP contribution >= 0.6 is 0 Å². The van der Waals surface area contributed by atoms with Gasteiger partial charge in [-0.15, -0.1) is 0 Å². The van der Waals surface area contributed by atoms with Crippen LogP contribution in [0.3, 0.4) is 0 Å². The highest BCUT2D eigenvalue weighted by Gasteiger charge is 2.65. The van der Waals surface area contributed by atoms with E-state index in [0.717, 1.165) is 6.08 Å². The average Bonchev–Trinajstić information content (AvgIpc) is 2.13. The van der Waals surface area contributed by atoms with Gasteiger partial charge >= 0.3 is 17.8 Å². The van der Waals surface area contributed by atoms with E-state index in [4.69, 9.17) is 5.11 Å². The van der Waals surface area contributed by atoms with Gasteiger partial charge in [0.05, 0.1) is 0 Å². The van der Waals surface area contributed by atoms with Gasteiger partial charge in [-0.25, -0.2) is 4.79 Å². The number of halogens is 4. The van der Waals surface area contributed by atoms with Crippen LogP contribution in [0.5, 0.6) is 0 Å². The van der Waals surface area contributed by atoms with Crippen molar-refractivity contribution in [1.82, 2.24) is 0 Å². The number of esters is 1. The normalized spacial score (nSPS) is 14.5. The quantitative estimate of drug-likeness (QED) is 0.440. The lowest BCUT2D eigenvalue weighted by Crippen LogP contribution is -2.54. The summed E-state index contributed by atoms with van der Waals surface area (Å²) in [4.78, 5) is 10.6. The predicted molar refractivity (Wildman–Crippen MR) is 42.7 cm³/mol. The minimum Gasteiger partial charge on any atom is -0.457 e. The smallest absolute Gasteiger partial charge is 0.407 e. The SMILES string of the molecule is C=CCOC(=O)C(F)(F)C(F)(F)C(C)O. The fraction of sp³-hybridized carbons (Fsp3) is 0.625. The molecular weight excluding hydrogens is 220 g/mol. The van der Waals surface area contributed by atoms with Gasteiger partial charge in [0.15, 0.2) is 0 Å². The molecule has 15 heavy (non-hydrogen) atoms. The van der Waals surface area contributed by atoms with Crippen molar-refractivity contribution >= 4 is 5.97 Å². The van der Waals surface area contributed by atoms with Crippen molar-refractivity contribution in [3.05, 3.63) is 12.7 Å². The number of carbonyl (C=O) groups is 1. The molecule has 0 fully saturated rings. The molecule has 0 saturated carbocycles. The molecule has 0 aliphatic carbocycles. The molecule has 0 aliphatic rings. The first-order valence-corrected chi connectivity index (χ1v) is 3.89. The maximum atomic E-state index is 12.8. The number of rotatable bonds is 5. The number of carbonyl (C=O) groups excluding carboxylic acids is 1. The second-order valence-electron chi connectivity index (χ2n) is 2.76. The van der Waals surface area contributed by atoms with Gasteiger partial charge < -0.3 is 9.84 Å². The van der Waals surface area contributed by atoms with Gasteiger partial charge in [0.1, 0.15) is 12.7 Å². The van der Waals surface area contributed by atoms with Gasteiger partial charge in [0.2, 0.25) is 0 Å². The summed E-state index contributed by atoms with van der Waals surface area (Å²) in [6, 6.07) is 0. The Morgan fingerprint density at radius 1 is 1.53 bits per heavy atom. The third kappa shape index (κ3) is 2.68. The Kier molecular flexibility index (Phi) is 4.27. The number of alkyl halides is 4. The highest BCUT2D eigenvalue weighted by molar-refractivity contribution is 5.79. The molecule has 0 aromatic rings. The Morgan fingerprint density at radius 3 is 2.33 bits per heavy atom. The minimum absolute atomic E-state index is 0.453. The maximum absolute atomic E-state index is 12.8. The lowest BCUT2D eigenvalue weighted by atomic mass is 10.1. The Morgan fingerprint density at radius 2 is 2.00 bits per heavy atom. The summed E-state index contributed by atoms with van der Waals surface area (Å²) >= 11 is 0. The van der Waals surface area contributed by atoms with E-state index in [1.165, 1.54) is 0 Å². The van der Waals surface area contributed by atoms with E-state index in [-0.39, 0.29) is 0 Å². The number of hydrogen-bond donors (Lipinski definition) is 1. The topological polar surface area (TPSA) is 46.5 Å². The van der Waals surface area contributed by atoms with Gasteiger partial charge in [-0.2, -0.15) is 17.6 Å². The summed E-state index contributed by atoms with van der Waals surface area (Å²) in [5.74, 6) is -12.3. The van der Waals surface area contributed by atoms with Crippen LogP contribution in [0.15, 0.2) is 12.7 Å². The summed E-state index contributed by atoms with van der Waals surface area (Å²) in [6.07, 6.45) is -1.71. The fourth-order valence-corrected chi connectivity index (χ4v) is 0.624. The highest BCUT2D eigenvalue weighted by atomic mass is 19.3. The molecule has 88 valence electrons. The number of hydrogen-bond acceptors (Lipinski definition) is 3. The molecule has 0 spiro atoms. The number of aliphatic hydroxyl groups is 1. The second kappa shape index (κ2) is 4.61. The minimum atomic E-state index is -5.07. The molecule has 0 amide bonds. The van der Waals surface area contributed by atoms with Crippen LogP contribution < -0.4 is 0 Å². The van der Waals surface area contributed by atoms with E-state index in [2.05, 4.69) is 11.3 Å². The van der Waals surface area contributed by atoms with Crippen LogP contribution in [0.25, 0.3) is 0 Å². The molecule has 0 bridgehead atoms. The second-order valence-corrected chi connectivity index (χ2v) is 2.76. The van der Waals surface area contributed by atoms with Crippen molar-refractivity contribution in [2.24, 2.45) is 0 Å². The van der Waals surface area contributed by atoms with Crippen LogP contribution in [-0.4, -0.2) is 35.6 Å². The summed E-state index contributed by atoms with van der Waals surface area (Å²) in [6.45, 7) is 2.90. The zero-order valence-electron chi connectivity index (χ0n) is 7.84. The molecule has 0 aromatic carbocycles. The van der Waals surface area contributed by atoms with Crippen molar-refractivity contribution in [2.75, 3.05) is 6.61 Å². The molecule has 3 nitrogen and oxygen atoms in total. The van der Waals surface area contributed by atoms with E-state index in [9.17, 15) is 22.4 Å². The zero-order chi connectivity index (χ0) is 12.3. The van der Waals surface area contributed by atoms with Crippen molar-refractivity contribution in [2.45, 2.75) is 24.9 Å². The molecule has 0 aliphatic heterocycles. The number of aliphatic hydroxyl groups excluding tert-OH is 1. The standard InChI is InChI=1S/C8H10F4O3/c1-3-4-15-6(14)8(11,12)7(9,10)5(2)13/h3,5,13H,1,4H2,2H3. The summed E-state index contributed by atoms with van der Waals surface area (Å²) in [5.41, 5.74) is 0. The van der Waals surface area contributed by atoms with Crippen molar-refractivity contribution in [3.63, 3.8) is 0 Å². The van der Waals surface area contributed by atoms with Crippen molar-refractivity contribution in [1.29, 1.82) is 0 Å². The Bertz CT molecular complexity index is 250. The largest absolute Gasteiger partial charge is 0.457 e. The molecule has 0 aromatic heterocycles. The summed E-state index contributed by atoms with van der Waals surface area (Å²) in [5, 5.41) is 8.43. The summed E-state index contributed by atoms with van der Waals surface area (Å²) in [7, 11) is 0. The van der Waals surface area contributed by atoms with Crippen molar-refractivity contribution < 1.29 is 32.2 Å². The first-order chi connectivity index (χ1) is 6.67. The van der Waals surface area contributed by atoms with Gasteiger partial charge in [0.25, 0.3) is 0 Å². The molecule has 1 N–H and O–H groups in total. The van der Waals surface area contributed by atoms with E-state index in [1.807, 2.05) is 0 Å². The molecule has 0 rings (SSSR count). The Hall–Kier alpha value is -1.11. The first kappa shape index (κ1) is 13.9. The van der Waals surface area contributed by atoms with Gasteiger partial charge in [-0.05, 0) is 6.92 Å². The Balaban J connectivity index is 4.79. The van der Waals surface area contributed by atoms with Gasteiger partial charge in [0, 0.05) is 0 Å².